The summed E-state index contributed by atoms with van der Waals surface area (Å²) in [6.07, 6.45) is 2.03. The van der Waals surface area contributed by atoms with Crippen LogP contribution in [0, 0.1) is 5.82 Å². The molecule has 1 saturated heterocycles. The second-order valence-corrected chi connectivity index (χ2v) is 7.85. The first kappa shape index (κ1) is 26.2. The van der Waals surface area contributed by atoms with Gasteiger partial charge in [-0.15, -0.1) is 24.0 Å². The third-order valence-electron chi connectivity index (χ3n) is 5.43. The number of likely N-dealkylation sites (tertiary alicyclic amines) is 1. The highest BCUT2D eigenvalue weighted by molar-refractivity contribution is 14.0. The Kier molecular flexibility index (Phi) is 11.0. The molecule has 0 amide bonds. The number of piperidine rings is 1. The average Bonchev–Trinajstić information content (AvgIpc) is 2.79. The number of benzene rings is 2. The van der Waals surface area contributed by atoms with Crippen molar-refractivity contribution >= 4 is 29.9 Å². The molecule has 0 bridgehead atoms. The molecule has 1 atom stereocenters. The van der Waals surface area contributed by atoms with Crippen LogP contribution in [0.25, 0.3) is 0 Å². The lowest BCUT2D eigenvalue weighted by molar-refractivity contribution is 0.197. The molecule has 0 aliphatic carbocycles. The van der Waals surface area contributed by atoms with Crippen LogP contribution < -0.4 is 20.1 Å². The molecule has 1 aliphatic rings. The maximum Gasteiger partial charge on any atom is 0.191 e. The number of aliphatic imine (C=N–C) groups is 1. The molecule has 1 aliphatic heterocycles. The van der Waals surface area contributed by atoms with Gasteiger partial charge in [-0.25, -0.2) is 4.39 Å². The van der Waals surface area contributed by atoms with Crippen LogP contribution in [-0.4, -0.2) is 56.8 Å². The Bertz CT molecular complexity index is 842. The van der Waals surface area contributed by atoms with Gasteiger partial charge in [0.2, 0.25) is 0 Å². The van der Waals surface area contributed by atoms with Crippen molar-refractivity contribution in [2.45, 2.75) is 38.5 Å². The molecule has 0 aromatic heterocycles. The second kappa shape index (κ2) is 13.5. The molecule has 2 N–H and O–H groups in total. The third kappa shape index (κ3) is 8.12. The van der Waals surface area contributed by atoms with Gasteiger partial charge in [0.1, 0.15) is 11.9 Å². The number of hydrogen-bond acceptors (Lipinski definition) is 4. The highest BCUT2D eigenvalue weighted by Gasteiger charge is 2.20. The van der Waals surface area contributed by atoms with E-state index in [1.54, 1.807) is 14.2 Å². The minimum atomic E-state index is -0.187. The number of para-hydroxylation sites is 2. The molecule has 1 unspecified atom stereocenters. The first-order chi connectivity index (χ1) is 15.1. The van der Waals surface area contributed by atoms with Gasteiger partial charge in [-0.05, 0) is 49.6 Å². The molecule has 2 aromatic rings. The van der Waals surface area contributed by atoms with Crippen molar-refractivity contribution in [3.8, 4) is 11.5 Å². The van der Waals surface area contributed by atoms with Gasteiger partial charge in [0.15, 0.2) is 17.5 Å². The summed E-state index contributed by atoms with van der Waals surface area (Å²) in [6, 6.07) is 14.8. The smallest absolute Gasteiger partial charge is 0.191 e. The van der Waals surface area contributed by atoms with Crippen LogP contribution >= 0.6 is 24.0 Å². The lowest BCUT2D eigenvalue weighted by Gasteiger charge is -2.33. The van der Waals surface area contributed by atoms with E-state index in [1.165, 1.54) is 12.1 Å². The standard InChI is InChI=1S/C24H33FN4O2.HI/c1-18(31-23-7-5-4-6-22(23)30-3)16-27-24(26-2)28-21-12-14-29(15-13-21)17-19-8-10-20(25)11-9-19;/h4-11,18,21H,12-17H2,1-3H3,(H2,26,27,28);1H. The van der Waals surface area contributed by atoms with E-state index >= 15 is 0 Å². The number of hydrogen-bond donors (Lipinski definition) is 2. The van der Waals surface area contributed by atoms with Gasteiger partial charge in [-0.2, -0.15) is 0 Å². The van der Waals surface area contributed by atoms with Crippen molar-refractivity contribution in [2.75, 3.05) is 33.8 Å². The van der Waals surface area contributed by atoms with Crippen molar-refractivity contribution < 1.29 is 13.9 Å². The highest BCUT2D eigenvalue weighted by atomic mass is 127. The molecule has 2 aromatic carbocycles. The monoisotopic (exact) mass is 556 g/mol. The van der Waals surface area contributed by atoms with Gasteiger partial charge in [0.05, 0.1) is 13.7 Å². The van der Waals surface area contributed by atoms with E-state index in [0.29, 0.717) is 12.6 Å². The summed E-state index contributed by atoms with van der Waals surface area (Å²) < 4.78 is 24.4. The Morgan fingerprint density at radius 1 is 1.12 bits per heavy atom. The van der Waals surface area contributed by atoms with Gasteiger partial charge >= 0.3 is 0 Å². The van der Waals surface area contributed by atoms with Crippen molar-refractivity contribution in [1.29, 1.82) is 0 Å². The van der Waals surface area contributed by atoms with E-state index in [2.05, 4.69) is 20.5 Å². The van der Waals surface area contributed by atoms with Crippen LogP contribution in [0.2, 0.25) is 0 Å². The Balaban J connectivity index is 0.00000363. The maximum atomic E-state index is 13.1. The highest BCUT2D eigenvalue weighted by Crippen LogP contribution is 2.26. The Morgan fingerprint density at radius 3 is 2.41 bits per heavy atom. The predicted octanol–water partition coefficient (Wildman–Crippen LogP) is 4.05. The molecule has 0 radical (unpaired) electrons. The summed E-state index contributed by atoms with van der Waals surface area (Å²) in [6.45, 7) is 5.50. The Labute approximate surface area is 207 Å². The maximum absolute atomic E-state index is 13.1. The minimum Gasteiger partial charge on any atom is -0.493 e. The predicted molar refractivity (Wildman–Crippen MR) is 138 cm³/mol. The molecular weight excluding hydrogens is 522 g/mol. The second-order valence-electron chi connectivity index (χ2n) is 7.85. The number of guanidine groups is 1. The summed E-state index contributed by atoms with van der Waals surface area (Å²) in [4.78, 5) is 6.76. The van der Waals surface area contributed by atoms with Crippen LogP contribution in [0.4, 0.5) is 4.39 Å². The molecule has 6 nitrogen and oxygen atoms in total. The van der Waals surface area contributed by atoms with E-state index in [0.717, 1.165) is 55.5 Å². The van der Waals surface area contributed by atoms with Crippen molar-refractivity contribution in [3.05, 3.63) is 59.9 Å². The molecule has 3 rings (SSSR count). The van der Waals surface area contributed by atoms with Gasteiger partial charge < -0.3 is 20.1 Å². The summed E-state index contributed by atoms with van der Waals surface area (Å²) in [5.74, 6) is 2.06. The lowest BCUT2D eigenvalue weighted by Crippen LogP contribution is -2.49. The molecule has 176 valence electrons. The van der Waals surface area contributed by atoms with E-state index in [-0.39, 0.29) is 35.9 Å². The largest absolute Gasteiger partial charge is 0.493 e. The van der Waals surface area contributed by atoms with Crippen LogP contribution in [0.1, 0.15) is 25.3 Å². The normalized spacial score (nSPS) is 16.1. The van der Waals surface area contributed by atoms with Crippen LogP contribution in [-0.2, 0) is 6.54 Å². The van der Waals surface area contributed by atoms with Crippen molar-refractivity contribution in [1.82, 2.24) is 15.5 Å². The minimum absolute atomic E-state index is 0. The van der Waals surface area contributed by atoms with E-state index < -0.39 is 0 Å². The first-order valence-corrected chi connectivity index (χ1v) is 10.8. The van der Waals surface area contributed by atoms with Gasteiger partial charge in [-0.3, -0.25) is 9.89 Å². The Morgan fingerprint density at radius 2 is 1.78 bits per heavy atom. The van der Waals surface area contributed by atoms with Gasteiger partial charge in [-0.1, -0.05) is 24.3 Å². The summed E-state index contributed by atoms with van der Waals surface area (Å²) in [5, 5.41) is 6.88. The number of rotatable bonds is 8. The van der Waals surface area contributed by atoms with Crippen LogP contribution in [0.15, 0.2) is 53.5 Å². The van der Waals surface area contributed by atoms with Crippen LogP contribution in [0.3, 0.4) is 0 Å². The number of halogens is 2. The Hall–Kier alpha value is -2.07. The molecule has 0 saturated carbocycles. The summed E-state index contributed by atoms with van der Waals surface area (Å²) >= 11 is 0. The number of nitrogens with one attached hydrogen (secondary N) is 2. The van der Waals surface area contributed by atoms with Crippen LogP contribution in [0.5, 0.6) is 11.5 Å². The SMILES string of the molecule is CN=C(NCC(C)Oc1ccccc1OC)NC1CCN(Cc2ccc(F)cc2)CC1.I. The van der Waals surface area contributed by atoms with E-state index in [1.807, 2.05) is 43.3 Å². The quantitative estimate of drug-likeness (QED) is 0.292. The zero-order chi connectivity index (χ0) is 22.1. The van der Waals surface area contributed by atoms with Gasteiger partial charge in [0.25, 0.3) is 0 Å². The van der Waals surface area contributed by atoms with E-state index in [4.69, 9.17) is 9.47 Å². The lowest BCUT2D eigenvalue weighted by atomic mass is 10.0. The first-order valence-electron chi connectivity index (χ1n) is 10.8. The molecule has 32 heavy (non-hydrogen) atoms. The molecule has 1 fully saturated rings. The number of ether oxygens (including phenoxy) is 2. The topological polar surface area (TPSA) is 58.1 Å². The van der Waals surface area contributed by atoms with Crippen molar-refractivity contribution in [3.63, 3.8) is 0 Å². The number of nitrogens with zero attached hydrogens (tertiary/aromatic N) is 2. The fourth-order valence-corrected chi connectivity index (χ4v) is 3.69. The number of methoxy groups -OCH3 is 1. The zero-order valence-corrected chi connectivity index (χ0v) is 21.3. The molecular formula is C24H34FIN4O2. The summed E-state index contributed by atoms with van der Waals surface area (Å²) in [7, 11) is 3.42. The summed E-state index contributed by atoms with van der Waals surface area (Å²) in [5.41, 5.74) is 1.15. The average molecular weight is 556 g/mol. The molecule has 1 heterocycles. The molecule has 0 spiro atoms. The van der Waals surface area contributed by atoms with Crippen molar-refractivity contribution in [2.24, 2.45) is 4.99 Å². The van der Waals surface area contributed by atoms with E-state index in [9.17, 15) is 4.39 Å². The fraction of sp³-hybridized carbons (Fsp3) is 0.458. The van der Waals surface area contributed by atoms with Gasteiger partial charge in [0, 0.05) is 32.7 Å². The third-order valence-corrected chi connectivity index (χ3v) is 5.43. The fourth-order valence-electron chi connectivity index (χ4n) is 3.69. The zero-order valence-electron chi connectivity index (χ0n) is 19.0. The molecule has 8 heteroatoms.